The van der Waals surface area contributed by atoms with E-state index in [9.17, 15) is 30.0 Å². The summed E-state index contributed by atoms with van der Waals surface area (Å²) in [5.74, 6) is -1.62. The zero-order valence-corrected chi connectivity index (χ0v) is 24.3. The van der Waals surface area contributed by atoms with Gasteiger partial charge >= 0.3 is 5.97 Å². The van der Waals surface area contributed by atoms with Crippen molar-refractivity contribution in [2.24, 2.45) is 20.5 Å². The summed E-state index contributed by atoms with van der Waals surface area (Å²) in [4.78, 5) is 27.4. The van der Waals surface area contributed by atoms with Crippen LogP contribution >= 0.6 is 0 Å². The Kier molecular flexibility index (Phi) is 9.99. The van der Waals surface area contributed by atoms with Crippen LogP contribution in [0, 0.1) is 0 Å². The number of ether oxygens (including phenoxy) is 1. The van der Waals surface area contributed by atoms with Crippen molar-refractivity contribution < 1.29 is 34.8 Å². The summed E-state index contributed by atoms with van der Waals surface area (Å²) in [6.45, 7) is 2.09. The van der Waals surface area contributed by atoms with Gasteiger partial charge in [0.05, 0.1) is 11.3 Å². The Morgan fingerprint density at radius 2 is 1.11 bits per heavy atom. The third-order valence-corrected chi connectivity index (χ3v) is 6.35. The first kappa shape index (κ1) is 31.3. The maximum Gasteiger partial charge on any atom is 0.340 e. The number of benzene rings is 4. The highest BCUT2D eigenvalue weighted by Gasteiger charge is 2.16. The van der Waals surface area contributed by atoms with Gasteiger partial charge in [0, 0.05) is 24.2 Å². The van der Waals surface area contributed by atoms with E-state index >= 15 is 0 Å². The van der Waals surface area contributed by atoms with Gasteiger partial charge in [0.15, 0.2) is 5.78 Å². The van der Waals surface area contributed by atoms with E-state index in [0.717, 1.165) is 23.3 Å². The normalized spacial score (nSPS) is 11.5. The number of carbonyl (C=O) groups is 2. The van der Waals surface area contributed by atoms with Gasteiger partial charge in [0.1, 0.15) is 46.7 Å². The van der Waals surface area contributed by atoms with Crippen molar-refractivity contribution in [2.45, 2.75) is 13.3 Å². The van der Waals surface area contributed by atoms with Crippen molar-refractivity contribution >= 4 is 34.5 Å². The van der Waals surface area contributed by atoms with E-state index in [1.165, 1.54) is 31.2 Å². The predicted octanol–water partition coefficient (Wildman–Crippen LogP) is 6.85. The smallest absolute Gasteiger partial charge is 0.340 e. The van der Waals surface area contributed by atoms with Crippen molar-refractivity contribution in [2.75, 3.05) is 27.2 Å². The predicted molar refractivity (Wildman–Crippen MR) is 162 cm³/mol. The molecule has 44 heavy (non-hydrogen) atoms. The van der Waals surface area contributed by atoms with Crippen molar-refractivity contribution in [1.82, 2.24) is 4.90 Å². The van der Waals surface area contributed by atoms with Crippen LogP contribution in [-0.2, 0) is 11.2 Å². The van der Waals surface area contributed by atoms with Crippen LogP contribution < -0.4 is 0 Å². The molecular formula is C32H31N5O7. The molecule has 12 heteroatoms. The number of nitrogens with zero attached hydrogens (tertiary/aromatic N) is 5. The number of azo groups is 2. The molecule has 0 radical (unpaired) electrons. The zero-order chi connectivity index (χ0) is 31.8. The number of carbonyl (C=O) groups excluding carboxylic acids is 2. The Balaban J connectivity index is 1.62. The van der Waals surface area contributed by atoms with Gasteiger partial charge in [0.2, 0.25) is 0 Å². The molecule has 0 aliphatic heterocycles. The standard InChI is InChI=1S/C32H31N5O7/c1-19(38)24-15-20(4-8-26(24)33-35-28-10-6-22(39)17-30(28)41)14-21-5-9-27(25(16-21)32(43)44-13-12-37(2)3)34-36-29-11-7-23(40)18-31(29)42/h4-11,15-18,39-42H,12-14H2,1-3H3. The fraction of sp³-hybridized carbons (Fsp3) is 0.188. The monoisotopic (exact) mass is 597 g/mol. The average Bonchev–Trinajstić information content (AvgIpc) is 2.97. The van der Waals surface area contributed by atoms with Crippen LogP contribution in [0.25, 0.3) is 0 Å². The molecule has 4 N–H and O–H groups in total. The Morgan fingerprint density at radius 1 is 0.659 bits per heavy atom. The molecule has 0 aromatic heterocycles. The first-order valence-corrected chi connectivity index (χ1v) is 13.5. The third-order valence-electron chi connectivity index (χ3n) is 6.35. The van der Waals surface area contributed by atoms with Gasteiger partial charge in [-0.1, -0.05) is 12.1 Å². The van der Waals surface area contributed by atoms with Crippen LogP contribution in [0.1, 0.15) is 38.8 Å². The first-order valence-electron chi connectivity index (χ1n) is 13.5. The number of rotatable bonds is 11. The van der Waals surface area contributed by atoms with Gasteiger partial charge < -0.3 is 30.1 Å². The van der Waals surface area contributed by atoms with Crippen molar-refractivity contribution in [3.8, 4) is 23.0 Å². The molecule has 0 saturated heterocycles. The molecule has 226 valence electrons. The van der Waals surface area contributed by atoms with Crippen LogP contribution in [0.3, 0.4) is 0 Å². The zero-order valence-electron chi connectivity index (χ0n) is 24.3. The van der Waals surface area contributed by atoms with Crippen LogP contribution in [0.15, 0.2) is 93.3 Å². The Hall–Kier alpha value is -5.62. The summed E-state index contributed by atoms with van der Waals surface area (Å²) in [7, 11) is 3.72. The molecule has 0 bridgehead atoms. The van der Waals surface area contributed by atoms with E-state index in [4.69, 9.17) is 4.74 Å². The molecule has 4 rings (SSSR count). The number of phenolic OH excluding ortho intramolecular Hbond substituents is 4. The summed E-state index contributed by atoms with van der Waals surface area (Å²) in [5, 5.41) is 55.4. The highest BCUT2D eigenvalue weighted by molar-refractivity contribution is 5.99. The number of ketones is 1. The Bertz CT molecular complexity index is 1750. The number of likely N-dealkylation sites (N-methyl/N-ethyl adjacent to an activating group) is 1. The van der Waals surface area contributed by atoms with Crippen LogP contribution in [0.5, 0.6) is 23.0 Å². The molecule has 4 aromatic carbocycles. The minimum Gasteiger partial charge on any atom is -0.508 e. The van der Waals surface area contributed by atoms with Gasteiger partial charge in [0.25, 0.3) is 0 Å². The van der Waals surface area contributed by atoms with Gasteiger partial charge in [-0.15, -0.1) is 20.5 Å². The molecule has 0 atom stereocenters. The summed E-state index contributed by atoms with van der Waals surface area (Å²) in [5.41, 5.74) is 2.71. The van der Waals surface area contributed by atoms with Gasteiger partial charge in [-0.2, -0.15) is 0 Å². The van der Waals surface area contributed by atoms with Crippen LogP contribution in [0.4, 0.5) is 22.7 Å². The minimum atomic E-state index is -0.602. The molecule has 0 spiro atoms. The summed E-state index contributed by atoms with van der Waals surface area (Å²) in [6, 6.07) is 17.9. The van der Waals surface area contributed by atoms with E-state index in [-0.39, 0.29) is 58.0 Å². The molecular weight excluding hydrogens is 566 g/mol. The number of esters is 1. The molecule has 0 amide bonds. The summed E-state index contributed by atoms with van der Waals surface area (Å²) >= 11 is 0. The second kappa shape index (κ2) is 14.0. The molecule has 0 saturated carbocycles. The van der Waals surface area contributed by atoms with Gasteiger partial charge in [-0.25, -0.2) is 4.79 Å². The molecule has 0 aliphatic rings. The SMILES string of the molecule is CC(=O)c1cc(Cc2ccc(N=Nc3ccc(O)cc3O)c(C(=O)OCCN(C)C)c2)ccc1N=Nc1ccc(O)cc1O. The maximum absolute atomic E-state index is 13.1. The lowest BCUT2D eigenvalue weighted by Gasteiger charge is -2.12. The minimum absolute atomic E-state index is 0.105. The lowest BCUT2D eigenvalue weighted by Crippen LogP contribution is -2.20. The summed E-state index contributed by atoms with van der Waals surface area (Å²) < 4.78 is 5.46. The van der Waals surface area contributed by atoms with Crippen LogP contribution in [-0.4, -0.2) is 64.3 Å². The number of phenols is 4. The quantitative estimate of drug-likeness (QED) is 0.0823. The van der Waals surface area contributed by atoms with Gasteiger partial charge in [-0.05, 0) is 87.1 Å². The Morgan fingerprint density at radius 3 is 1.59 bits per heavy atom. The molecule has 0 aliphatic carbocycles. The molecule has 12 nitrogen and oxygen atoms in total. The van der Waals surface area contributed by atoms with Crippen molar-refractivity contribution in [1.29, 1.82) is 0 Å². The average molecular weight is 598 g/mol. The third kappa shape index (κ3) is 8.23. The number of hydrogen-bond acceptors (Lipinski definition) is 12. The van der Waals surface area contributed by atoms with Crippen molar-refractivity contribution in [3.05, 3.63) is 95.1 Å². The summed E-state index contributed by atoms with van der Waals surface area (Å²) in [6.07, 6.45) is 0.352. The van der Waals surface area contributed by atoms with E-state index < -0.39 is 5.97 Å². The largest absolute Gasteiger partial charge is 0.508 e. The van der Waals surface area contributed by atoms with Crippen molar-refractivity contribution in [3.63, 3.8) is 0 Å². The lowest BCUT2D eigenvalue weighted by atomic mass is 9.98. The van der Waals surface area contributed by atoms with Crippen LogP contribution in [0.2, 0.25) is 0 Å². The fourth-order valence-electron chi connectivity index (χ4n) is 4.05. The number of Topliss-reactive ketones (excluding diaryl/α,β-unsaturated/α-hetero) is 1. The highest BCUT2D eigenvalue weighted by atomic mass is 16.5. The molecule has 0 heterocycles. The first-order chi connectivity index (χ1) is 21.0. The molecule has 4 aromatic rings. The maximum atomic E-state index is 13.1. The highest BCUT2D eigenvalue weighted by Crippen LogP contribution is 2.34. The second-order valence-corrected chi connectivity index (χ2v) is 10.1. The number of aromatic hydroxyl groups is 4. The molecule has 0 fully saturated rings. The van der Waals surface area contributed by atoms with E-state index in [1.807, 2.05) is 19.0 Å². The second-order valence-electron chi connectivity index (χ2n) is 10.1. The van der Waals surface area contributed by atoms with Gasteiger partial charge in [-0.3, -0.25) is 4.79 Å². The Labute approximate surface area is 253 Å². The van der Waals surface area contributed by atoms with E-state index in [0.29, 0.717) is 24.2 Å². The lowest BCUT2D eigenvalue weighted by molar-refractivity contribution is 0.0482. The topological polar surface area (TPSA) is 177 Å². The van der Waals surface area contributed by atoms with E-state index in [2.05, 4.69) is 20.5 Å². The molecule has 0 unspecified atom stereocenters. The number of hydrogen-bond donors (Lipinski definition) is 4. The van der Waals surface area contributed by atoms with E-state index in [1.54, 1.807) is 36.4 Å². The fourth-order valence-corrected chi connectivity index (χ4v) is 4.05.